The number of aromatic nitrogens is 1. The van der Waals surface area contributed by atoms with E-state index in [1.54, 1.807) is 6.20 Å². The highest BCUT2D eigenvalue weighted by atomic mass is 32.1. The number of rotatable bonds is 5. The standard InChI is InChI=1S/C9H17N3OS/c1-9(2,3-4-13)6-12-8-11-5-7(10)14-8/h5,13H,3-4,6,10H2,1-2H3,(H,11,12). The molecule has 0 aliphatic rings. The zero-order valence-corrected chi connectivity index (χ0v) is 9.40. The second kappa shape index (κ2) is 4.61. The van der Waals surface area contributed by atoms with Gasteiger partial charge in [-0.3, -0.25) is 0 Å². The first-order chi connectivity index (χ1) is 6.53. The van der Waals surface area contributed by atoms with E-state index < -0.39 is 0 Å². The van der Waals surface area contributed by atoms with E-state index in [0.29, 0.717) is 5.00 Å². The molecule has 80 valence electrons. The molecule has 1 aromatic heterocycles. The van der Waals surface area contributed by atoms with Crippen molar-refractivity contribution in [1.82, 2.24) is 4.98 Å². The average Bonchev–Trinajstić information content (AvgIpc) is 2.48. The number of aliphatic hydroxyl groups excluding tert-OH is 1. The van der Waals surface area contributed by atoms with Crippen LogP contribution < -0.4 is 11.1 Å². The lowest BCUT2D eigenvalue weighted by Gasteiger charge is -2.23. The lowest BCUT2D eigenvalue weighted by atomic mass is 9.90. The van der Waals surface area contributed by atoms with Crippen LogP contribution in [0.25, 0.3) is 0 Å². The molecule has 14 heavy (non-hydrogen) atoms. The first-order valence-corrected chi connectivity index (χ1v) is 5.41. The maximum absolute atomic E-state index is 8.84. The van der Waals surface area contributed by atoms with Crippen LogP contribution in [0.5, 0.6) is 0 Å². The molecule has 0 atom stereocenters. The molecule has 0 aliphatic carbocycles. The van der Waals surface area contributed by atoms with Crippen molar-refractivity contribution in [1.29, 1.82) is 0 Å². The maximum atomic E-state index is 8.84. The topological polar surface area (TPSA) is 71.2 Å². The number of nitrogens with zero attached hydrogens (tertiary/aromatic N) is 1. The maximum Gasteiger partial charge on any atom is 0.184 e. The number of nitrogens with two attached hydrogens (primary N) is 1. The second-order valence-corrected chi connectivity index (χ2v) is 5.12. The summed E-state index contributed by atoms with van der Waals surface area (Å²) >= 11 is 1.44. The Labute approximate surface area is 88.2 Å². The monoisotopic (exact) mass is 215 g/mol. The van der Waals surface area contributed by atoms with E-state index in [-0.39, 0.29) is 12.0 Å². The van der Waals surface area contributed by atoms with Gasteiger partial charge in [-0.1, -0.05) is 25.2 Å². The summed E-state index contributed by atoms with van der Waals surface area (Å²) in [5, 5.41) is 13.6. The largest absolute Gasteiger partial charge is 0.396 e. The Kier molecular flexibility index (Phi) is 3.71. The minimum absolute atomic E-state index is 0.0786. The third-order valence-corrected chi connectivity index (χ3v) is 2.81. The van der Waals surface area contributed by atoms with Gasteiger partial charge in [0.05, 0.1) is 6.20 Å². The minimum atomic E-state index is 0.0786. The van der Waals surface area contributed by atoms with Crippen LogP contribution in [-0.4, -0.2) is 23.2 Å². The number of anilines is 2. The molecule has 0 bridgehead atoms. The molecular weight excluding hydrogens is 198 g/mol. The summed E-state index contributed by atoms with van der Waals surface area (Å²) in [6, 6.07) is 0. The molecule has 0 fully saturated rings. The van der Waals surface area contributed by atoms with Crippen molar-refractivity contribution in [2.75, 3.05) is 24.2 Å². The summed E-state index contributed by atoms with van der Waals surface area (Å²) in [5.41, 5.74) is 5.63. The van der Waals surface area contributed by atoms with Crippen LogP contribution in [0.2, 0.25) is 0 Å². The molecule has 0 amide bonds. The van der Waals surface area contributed by atoms with Gasteiger partial charge in [0.15, 0.2) is 5.13 Å². The molecule has 0 unspecified atom stereocenters. The Bertz CT molecular complexity index is 285. The average molecular weight is 215 g/mol. The number of hydrogen-bond donors (Lipinski definition) is 3. The molecule has 0 spiro atoms. The van der Waals surface area contributed by atoms with Gasteiger partial charge in [0.25, 0.3) is 0 Å². The van der Waals surface area contributed by atoms with Gasteiger partial charge in [0, 0.05) is 13.2 Å². The van der Waals surface area contributed by atoms with E-state index in [4.69, 9.17) is 10.8 Å². The number of hydrogen-bond acceptors (Lipinski definition) is 5. The Morgan fingerprint density at radius 3 is 2.86 bits per heavy atom. The first-order valence-electron chi connectivity index (χ1n) is 4.59. The van der Waals surface area contributed by atoms with E-state index in [1.807, 2.05) is 0 Å². The van der Waals surface area contributed by atoms with Crippen molar-refractivity contribution in [2.45, 2.75) is 20.3 Å². The summed E-state index contributed by atoms with van der Waals surface area (Å²) in [6.07, 6.45) is 2.42. The SMILES string of the molecule is CC(C)(CCO)CNc1ncc(N)s1. The van der Waals surface area contributed by atoms with Gasteiger partial charge in [-0.2, -0.15) is 0 Å². The van der Waals surface area contributed by atoms with Gasteiger partial charge in [0.2, 0.25) is 0 Å². The molecule has 1 heterocycles. The first kappa shape index (κ1) is 11.3. The quantitative estimate of drug-likeness (QED) is 0.697. The van der Waals surface area contributed by atoms with E-state index in [0.717, 1.165) is 18.1 Å². The zero-order chi connectivity index (χ0) is 10.6. The summed E-state index contributed by atoms with van der Waals surface area (Å²) < 4.78 is 0. The molecule has 1 aromatic rings. The number of thiazole rings is 1. The van der Waals surface area contributed by atoms with Crippen molar-refractivity contribution < 1.29 is 5.11 Å². The van der Waals surface area contributed by atoms with Crippen molar-refractivity contribution in [3.63, 3.8) is 0 Å². The summed E-state index contributed by atoms with van der Waals surface area (Å²) in [5.74, 6) is 0. The molecule has 4 N–H and O–H groups in total. The van der Waals surface area contributed by atoms with Crippen LogP contribution in [0.15, 0.2) is 6.20 Å². The van der Waals surface area contributed by atoms with Gasteiger partial charge in [-0.15, -0.1) is 0 Å². The summed E-state index contributed by atoms with van der Waals surface area (Å²) in [4.78, 5) is 4.10. The third-order valence-electron chi connectivity index (χ3n) is 2.03. The smallest absolute Gasteiger partial charge is 0.184 e. The van der Waals surface area contributed by atoms with Gasteiger partial charge in [-0.05, 0) is 11.8 Å². The van der Waals surface area contributed by atoms with E-state index in [9.17, 15) is 0 Å². The molecule has 0 saturated carbocycles. The molecular formula is C9H17N3OS. The van der Waals surface area contributed by atoms with E-state index in [2.05, 4.69) is 24.1 Å². The fourth-order valence-corrected chi connectivity index (χ4v) is 1.65. The Morgan fingerprint density at radius 1 is 1.64 bits per heavy atom. The molecule has 0 radical (unpaired) electrons. The van der Waals surface area contributed by atoms with Gasteiger partial charge < -0.3 is 16.2 Å². The molecule has 5 heteroatoms. The third kappa shape index (κ3) is 3.51. The van der Waals surface area contributed by atoms with Crippen LogP contribution in [0, 0.1) is 5.41 Å². The van der Waals surface area contributed by atoms with Crippen molar-refractivity contribution >= 4 is 21.5 Å². The zero-order valence-electron chi connectivity index (χ0n) is 8.58. The van der Waals surface area contributed by atoms with Gasteiger partial charge >= 0.3 is 0 Å². The lowest BCUT2D eigenvalue weighted by Crippen LogP contribution is -2.24. The molecule has 1 rings (SSSR count). The number of aliphatic hydroxyl groups is 1. The van der Waals surface area contributed by atoms with Gasteiger partial charge in [0.1, 0.15) is 5.00 Å². The van der Waals surface area contributed by atoms with Crippen LogP contribution in [0.4, 0.5) is 10.1 Å². The molecule has 4 nitrogen and oxygen atoms in total. The number of nitrogens with one attached hydrogen (secondary N) is 1. The highest BCUT2D eigenvalue weighted by Gasteiger charge is 2.17. The molecule has 0 aliphatic heterocycles. The highest BCUT2D eigenvalue weighted by molar-refractivity contribution is 7.19. The van der Waals surface area contributed by atoms with Crippen LogP contribution in [0.3, 0.4) is 0 Å². The molecule has 0 saturated heterocycles. The highest BCUT2D eigenvalue weighted by Crippen LogP contribution is 2.24. The summed E-state index contributed by atoms with van der Waals surface area (Å²) in [7, 11) is 0. The Balaban J connectivity index is 2.40. The van der Waals surface area contributed by atoms with Crippen LogP contribution >= 0.6 is 11.3 Å². The van der Waals surface area contributed by atoms with Gasteiger partial charge in [-0.25, -0.2) is 4.98 Å². The van der Waals surface area contributed by atoms with Crippen molar-refractivity contribution in [3.05, 3.63) is 6.20 Å². The summed E-state index contributed by atoms with van der Waals surface area (Å²) in [6.45, 7) is 5.22. The predicted octanol–water partition coefficient (Wildman–Crippen LogP) is 1.55. The lowest BCUT2D eigenvalue weighted by molar-refractivity contribution is 0.220. The van der Waals surface area contributed by atoms with Crippen LogP contribution in [-0.2, 0) is 0 Å². The predicted molar refractivity (Wildman–Crippen MR) is 60.5 cm³/mol. The Morgan fingerprint density at radius 2 is 2.36 bits per heavy atom. The fraction of sp³-hybridized carbons (Fsp3) is 0.667. The van der Waals surface area contributed by atoms with E-state index >= 15 is 0 Å². The normalized spacial score (nSPS) is 11.6. The second-order valence-electron chi connectivity index (χ2n) is 4.06. The molecule has 0 aromatic carbocycles. The van der Waals surface area contributed by atoms with E-state index in [1.165, 1.54) is 11.3 Å². The van der Waals surface area contributed by atoms with Crippen LogP contribution in [0.1, 0.15) is 20.3 Å². The fourth-order valence-electron chi connectivity index (χ4n) is 1.07. The van der Waals surface area contributed by atoms with Crippen molar-refractivity contribution in [2.24, 2.45) is 5.41 Å². The van der Waals surface area contributed by atoms with Crippen molar-refractivity contribution in [3.8, 4) is 0 Å². The Hall–Kier alpha value is -0.810. The number of nitrogen functional groups attached to an aromatic ring is 1. The minimum Gasteiger partial charge on any atom is -0.396 e.